The molecule has 10 heteroatoms. The fourth-order valence-electron chi connectivity index (χ4n) is 3.54. The zero-order valence-electron chi connectivity index (χ0n) is 18.6. The summed E-state index contributed by atoms with van der Waals surface area (Å²) in [6, 6.07) is 6.37. The molecular weight excluding hydrogens is 435 g/mol. The van der Waals surface area contributed by atoms with E-state index in [-0.39, 0.29) is 29.7 Å². The molecule has 1 aromatic carbocycles. The van der Waals surface area contributed by atoms with E-state index in [9.17, 15) is 18.8 Å². The van der Waals surface area contributed by atoms with Gasteiger partial charge in [-0.2, -0.15) is 0 Å². The van der Waals surface area contributed by atoms with E-state index in [0.717, 1.165) is 17.0 Å². The van der Waals surface area contributed by atoms with Crippen LogP contribution in [0, 0.1) is 12.7 Å². The average molecular weight is 463 g/mol. The molecule has 2 heterocycles. The predicted octanol–water partition coefficient (Wildman–Crippen LogP) is 2.44. The van der Waals surface area contributed by atoms with Gasteiger partial charge >= 0.3 is 5.97 Å². The maximum Gasteiger partial charge on any atom is 0.341 e. The molecule has 0 aliphatic carbocycles. The van der Waals surface area contributed by atoms with Crippen molar-refractivity contribution in [2.24, 2.45) is 0 Å². The zero-order valence-corrected chi connectivity index (χ0v) is 19.4. The Morgan fingerprint density at radius 1 is 1.12 bits per heavy atom. The molecule has 8 nitrogen and oxygen atoms in total. The van der Waals surface area contributed by atoms with Crippen LogP contribution in [-0.4, -0.2) is 81.5 Å². The largest absolute Gasteiger partial charge is 0.465 e. The average Bonchev–Trinajstić information content (AvgIpc) is 3.09. The van der Waals surface area contributed by atoms with Crippen LogP contribution in [0.25, 0.3) is 0 Å². The second-order valence-corrected chi connectivity index (χ2v) is 8.76. The lowest BCUT2D eigenvalue weighted by Gasteiger charge is -2.35. The standard InChI is InChI=1S/C22H27FN4O4S/c1-14-18(22(30)31-4)20(32-19(14)21(29)25(2)3)24-17(28)13-26-9-11-27(12-10-26)16-7-5-15(23)6-8-16/h5-8H,9-13H2,1-4H3,(H,24,28). The van der Waals surface area contributed by atoms with Crippen LogP contribution in [0.1, 0.15) is 25.6 Å². The molecule has 1 aliphatic heterocycles. The summed E-state index contributed by atoms with van der Waals surface area (Å²) < 4.78 is 18.0. The van der Waals surface area contributed by atoms with E-state index < -0.39 is 5.97 Å². The molecule has 3 rings (SSSR count). The number of rotatable bonds is 6. The number of nitrogens with zero attached hydrogens (tertiary/aromatic N) is 3. The molecule has 0 spiro atoms. The van der Waals surface area contributed by atoms with E-state index in [0.29, 0.717) is 41.6 Å². The molecule has 0 saturated carbocycles. The van der Waals surface area contributed by atoms with Crippen molar-refractivity contribution in [3.05, 3.63) is 46.1 Å². The van der Waals surface area contributed by atoms with E-state index in [1.807, 2.05) is 4.90 Å². The van der Waals surface area contributed by atoms with E-state index in [2.05, 4.69) is 10.2 Å². The molecule has 1 aliphatic rings. The molecular formula is C22H27FN4O4S. The fraction of sp³-hybridized carbons (Fsp3) is 0.409. The van der Waals surface area contributed by atoms with Gasteiger partial charge in [0.2, 0.25) is 5.91 Å². The maximum atomic E-state index is 13.1. The Morgan fingerprint density at radius 2 is 1.75 bits per heavy atom. The molecule has 1 N–H and O–H groups in total. The lowest BCUT2D eigenvalue weighted by Crippen LogP contribution is -2.48. The molecule has 1 saturated heterocycles. The number of methoxy groups -OCH3 is 1. The highest BCUT2D eigenvalue weighted by Gasteiger charge is 2.27. The van der Waals surface area contributed by atoms with Gasteiger partial charge in [-0.05, 0) is 36.8 Å². The van der Waals surface area contributed by atoms with E-state index >= 15 is 0 Å². The highest BCUT2D eigenvalue weighted by Crippen LogP contribution is 2.34. The number of carbonyl (C=O) groups is 3. The van der Waals surface area contributed by atoms with Crippen LogP contribution in [0.3, 0.4) is 0 Å². The van der Waals surface area contributed by atoms with Crippen LogP contribution < -0.4 is 10.2 Å². The molecule has 32 heavy (non-hydrogen) atoms. The summed E-state index contributed by atoms with van der Waals surface area (Å²) in [6.07, 6.45) is 0. The molecule has 0 bridgehead atoms. The van der Waals surface area contributed by atoms with Crippen molar-refractivity contribution in [2.45, 2.75) is 6.92 Å². The van der Waals surface area contributed by atoms with Crippen molar-refractivity contribution in [3.63, 3.8) is 0 Å². The third-order valence-corrected chi connectivity index (χ3v) is 6.52. The van der Waals surface area contributed by atoms with Crippen LogP contribution in [0.2, 0.25) is 0 Å². The first-order valence-electron chi connectivity index (χ1n) is 10.2. The lowest BCUT2D eigenvalue weighted by atomic mass is 10.1. The number of nitrogens with one attached hydrogen (secondary N) is 1. The smallest absolute Gasteiger partial charge is 0.341 e. The van der Waals surface area contributed by atoms with Crippen molar-refractivity contribution >= 4 is 39.8 Å². The number of piperazine rings is 1. The number of esters is 1. The van der Waals surface area contributed by atoms with Gasteiger partial charge in [-0.15, -0.1) is 11.3 Å². The summed E-state index contributed by atoms with van der Waals surface area (Å²) in [5.74, 6) is -1.38. The summed E-state index contributed by atoms with van der Waals surface area (Å²) in [5.41, 5.74) is 1.64. The Labute approximate surface area is 190 Å². The van der Waals surface area contributed by atoms with Gasteiger partial charge in [0.05, 0.1) is 24.1 Å². The lowest BCUT2D eigenvalue weighted by molar-refractivity contribution is -0.117. The summed E-state index contributed by atoms with van der Waals surface area (Å²) in [7, 11) is 4.52. The first kappa shape index (κ1) is 23.7. The Bertz CT molecular complexity index is 998. The van der Waals surface area contributed by atoms with E-state index in [1.165, 1.54) is 24.1 Å². The molecule has 1 aromatic heterocycles. The summed E-state index contributed by atoms with van der Waals surface area (Å²) in [5, 5.41) is 3.10. The van der Waals surface area contributed by atoms with Crippen molar-refractivity contribution in [2.75, 3.05) is 64.1 Å². The predicted molar refractivity (Wildman–Crippen MR) is 122 cm³/mol. The highest BCUT2D eigenvalue weighted by atomic mass is 32.1. The third-order valence-electron chi connectivity index (χ3n) is 5.32. The molecule has 0 unspecified atom stereocenters. The molecule has 0 radical (unpaired) electrons. The first-order chi connectivity index (χ1) is 15.2. The number of benzene rings is 1. The first-order valence-corrected chi connectivity index (χ1v) is 11.0. The SMILES string of the molecule is COC(=O)c1c(NC(=O)CN2CCN(c3ccc(F)cc3)CC2)sc(C(=O)N(C)C)c1C. The van der Waals surface area contributed by atoms with Gasteiger partial charge in [-0.1, -0.05) is 0 Å². The monoisotopic (exact) mass is 462 g/mol. The molecule has 2 amide bonds. The van der Waals surface area contributed by atoms with Gasteiger partial charge in [0.1, 0.15) is 10.8 Å². The van der Waals surface area contributed by atoms with E-state index in [4.69, 9.17) is 4.74 Å². The number of anilines is 2. The van der Waals surface area contributed by atoms with E-state index in [1.54, 1.807) is 33.2 Å². The highest BCUT2D eigenvalue weighted by molar-refractivity contribution is 7.18. The molecule has 1 fully saturated rings. The normalized spacial score (nSPS) is 14.2. The van der Waals surface area contributed by atoms with Crippen molar-refractivity contribution in [1.29, 1.82) is 0 Å². The number of hydrogen-bond acceptors (Lipinski definition) is 7. The Kier molecular flexibility index (Phi) is 7.47. The van der Waals surface area contributed by atoms with Gasteiger partial charge in [-0.3, -0.25) is 14.5 Å². The number of amides is 2. The second kappa shape index (κ2) is 10.1. The van der Waals surface area contributed by atoms with Crippen LogP contribution in [0.4, 0.5) is 15.1 Å². The summed E-state index contributed by atoms with van der Waals surface area (Å²) in [4.78, 5) is 43.4. The number of halogens is 1. The number of ether oxygens (including phenoxy) is 1. The maximum absolute atomic E-state index is 13.1. The van der Waals surface area contributed by atoms with Crippen molar-refractivity contribution in [3.8, 4) is 0 Å². The fourth-order valence-corrected chi connectivity index (χ4v) is 4.77. The molecule has 172 valence electrons. The number of thiophene rings is 1. The van der Waals surface area contributed by atoms with Gasteiger partial charge in [0.15, 0.2) is 0 Å². The summed E-state index contributed by atoms with van der Waals surface area (Å²) in [6.45, 7) is 4.60. The van der Waals surface area contributed by atoms with Crippen LogP contribution in [0.5, 0.6) is 0 Å². The van der Waals surface area contributed by atoms with Gasteiger partial charge in [0.25, 0.3) is 5.91 Å². The van der Waals surface area contributed by atoms with Gasteiger partial charge in [-0.25, -0.2) is 9.18 Å². The summed E-state index contributed by atoms with van der Waals surface area (Å²) >= 11 is 1.07. The van der Waals surface area contributed by atoms with Crippen molar-refractivity contribution < 1.29 is 23.5 Å². The Balaban J connectivity index is 1.64. The second-order valence-electron chi connectivity index (χ2n) is 7.74. The van der Waals surface area contributed by atoms with Gasteiger partial charge in [0, 0.05) is 46.0 Å². The number of hydrogen-bond donors (Lipinski definition) is 1. The quantitative estimate of drug-likeness (QED) is 0.664. The minimum atomic E-state index is -0.597. The zero-order chi connectivity index (χ0) is 23.4. The number of carbonyl (C=O) groups excluding carboxylic acids is 3. The van der Waals surface area contributed by atoms with Crippen LogP contribution >= 0.6 is 11.3 Å². The van der Waals surface area contributed by atoms with Crippen molar-refractivity contribution in [1.82, 2.24) is 9.80 Å². The third kappa shape index (κ3) is 5.25. The van der Waals surface area contributed by atoms with Crippen LogP contribution in [-0.2, 0) is 9.53 Å². The van der Waals surface area contributed by atoms with Gasteiger partial charge < -0.3 is 19.9 Å². The minimum absolute atomic E-state index is 0.159. The minimum Gasteiger partial charge on any atom is -0.465 e. The topological polar surface area (TPSA) is 82.2 Å². The van der Waals surface area contributed by atoms with Crippen LogP contribution in [0.15, 0.2) is 24.3 Å². The Hall–Kier alpha value is -2.98. The molecule has 2 aromatic rings. The Morgan fingerprint density at radius 3 is 2.31 bits per heavy atom. The molecule has 0 atom stereocenters.